The first-order valence-corrected chi connectivity index (χ1v) is 11.9. The molecule has 1 aliphatic heterocycles. The third-order valence-electron chi connectivity index (χ3n) is 6.76. The normalized spacial score (nSPS) is 14.9. The highest BCUT2D eigenvalue weighted by Gasteiger charge is 2.44. The molecule has 0 radical (unpaired) electrons. The zero-order chi connectivity index (χ0) is 26.0. The van der Waals surface area contributed by atoms with E-state index in [0.717, 1.165) is 13.1 Å². The van der Waals surface area contributed by atoms with E-state index in [0.29, 0.717) is 52.6 Å². The average Bonchev–Trinajstić information content (AvgIpc) is 3.19. The fraction of sp³-hybridized carbons (Fsp3) is 0.407. The van der Waals surface area contributed by atoms with E-state index in [-0.39, 0.29) is 22.7 Å². The lowest BCUT2D eigenvalue weighted by molar-refractivity contribution is 0.0706. The van der Waals surface area contributed by atoms with Crippen molar-refractivity contribution >= 4 is 16.9 Å². The van der Waals surface area contributed by atoms with Crippen LogP contribution in [0.25, 0.3) is 11.0 Å². The summed E-state index contributed by atoms with van der Waals surface area (Å²) in [5.74, 6) is 1.64. The number of hydrogen-bond acceptors (Lipinski definition) is 8. The monoisotopic (exact) mass is 496 g/mol. The van der Waals surface area contributed by atoms with Crippen molar-refractivity contribution in [2.75, 3.05) is 54.6 Å². The third kappa shape index (κ3) is 4.24. The molecule has 9 nitrogen and oxygen atoms in total. The lowest BCUT2D eigenvalue weighted by atomic mass is 9.97. The maximum Gasteiger partial charge on any atom is 0.290 e. The molecule has 0 aliphatic carbocycles. The Kier molecular flexibility index (Phi) is 7.40. The summed E-state index contributed by atoms with van der Waals surface area (Å²) in [7, 11) is 6.15. The predicted octanol–water partition coefficient (Wildman–Crippen LogP) is 3.71. The van der Waals surface area contributed by atoms with Crippen LogP contribution >= 0.6 is 0 Å². The molecule has 2 aromatic carbocycles. The first-order chi connectivity index (χ1) is 17.4. The Morgan fingerprint density at radius 2 is 1.56 bits per heavy atom. The number of fused-ring (bicyclic) bond motifs is 2. The quantitative estimate of drug-likeness (QED) is 0.420. The first-order valence-electron chi connectivity index (χ1n) is 11.9. The molecule has 1 aliphatic rings. The molecule has 36 heavy (non-hydrogen) atoms. The highest BCUT2D eigenvalue weighted by atomic mass is 16.5. The molecule has 2 heterocycles. The van der Waals surface area contributed by atoms with Crippen LogP contribution in [-0.4, -0.2) is 70.3 Å². The standard InChI is InChI=1S/C27H32N2O7/c1-7-28(8-2)11-12-29-24(18-14-21(34-5)22(35-6)15-19(18)33-4)23-25(30)17-10-9-16(32-3)13-20(17)36-26(23)27(29)31/h9-10,13-15,24H,7-8,11-12H2,1-6H3. The van der Waals surface area contributed by atoms with Gasteiger partial charge in [0.2, 0.25) is 5.76 Å². The molecule has 0 spiro atoms. The highest BCUT2D eigenvalue weighted by molar-refractivity contribution is 5.99. The molecular formula is C27H32N2O7. The van der Waals surface area contributed by atoms with E-state index in [1.807, 2.05) is 0 Å². The van der Waals surface area contributed by atoms with E-state index in [2.05, 4.69) is 18.7 Å². The number of benzene rings is 2. The van der Waals surface area contributed by atoms with Crippen LogP contribution in [-0.2, 0) is 0 Å². The summed E-state index contributed by atoms with van der Waals surface area (Å²) in [6.07, 6.45) is 0. The van der Waals surface area contributed by atoms with Crippen LogP contribution in [0.4, 0.5) is 0 Å². The lowest BCUT2D eigenvalue weighted by Gasteiger charge is -2.29. The van der Waals surface area contributed by atoms with Gasteiger partial charge in [-0.25, -0.2) is 0 Å². The molecule has 1 unspecified atom stereocenters. The van der Waals surface area contributed by atoms with Crippen LogP contribution in [0.3, 0.4) is 0 Å². The number of ether oxygens (including phenoxy) is 4. The minimum atomic E-state index is -0.722. The molecule has 9 heteroatoms. The molecule has 0 saturated carbocycles. The average molecular weight is 497 g/mol. The number of amides is 1. The smallest absolute Gasteiger partial charge is 0.290 e. The van der Waals surface area contributed by atoms with Gasteiger partial charge in [-0.15, -0.1) is 0 Å². The molecule has 3 aromatic rings. The van der Waals surface area contributed by atoms with Crippen molar-refractivity contribution in [2.24, 2.45) is 0 Å². The molecule has 0 N–H and O–H groups in total. The summed E-state index contributed by atoms with van der Waals surface area (Å²) in [6, 6.07) is 7.72. The number of methoxy groups -OCH3 is 4. The highest BCUT2D eigenvalue weighted by Crippen LogP contribution is 2.45. The molecule has 1 atom stereocenters. The Labute approximate surface area is 210 Å². The van der Waals surface area contributed by atoms with Gasteiger partial charge >= 0.3 is 0 Å². The van der Waals surface area contributed by atoms with Gasteiger partial charge in [0.25, 0.3) is 5.91 Å². The number of likely N-dealkylation sites (N-methyl/N-ethyl adjacent to an activating group) is 1. The molecule has 0 saturated heterocycles. The summed E-state index contributed by atoms with van der Waals surface area (Å²) >= 11 is 0. The van der Waals surface area contributed by atoms with Crippen molar-refractivity contribution in [2.45, 2.75) is 19.9 Å². The largest absolute Gasteiger partial charge is 0.497 e. The Hall–Kier alpha value is -3.72. The molecule has 192 valence electrons. The van der Waals surface area contributed by atoms with Gasteiger partial charge in [0.1, 0.15) is 17.1 Å². The zero-order valence-electron chi connectivity index (χ0n) is 21.5. The van der Waals surface area contributed by atoms with E-state index in [9.17, 15) is 9.59 Å². The maximum atomic E-state index is 13.8. The van der Waals surface area contributed by atoms with Crippen LogP contribution in [0, 0.1) is 0 Å². The van der Waals surface area contributed by atoms with Crippen LogP contribution in [0.5, 0.6) is 23.0 Å². The Bertz CT molecular complexity index is 1330. The maximum absolute atomic E-state index is 13.8. The topological polar surface area (TPSA) is 90.7 Å². The van der Waals surface area contributed by atoms with E-state index < -0.39 is 6.04 Å². The number of carbonyl (C=O) groups is 1. The van der Waals surface area contributed by atoms with Gasteiger partial charge in [-0.1, -0.05) is 13.8 Å². The fourth-order valence-corrected chi connectivity index (χ4v) is 4.74. The second-order valence-electron chi connectivity index (χ2n) is 8.41. The lowest BCUT2D eigenvalue weighted by Crippen LogP contribution is -2.38. The van der Waals surface area contributed by atoms with E-state index >= 15 is 0 Å². The molecule has 0 bridgehead atoms. The van der Waals surface area contributed by atoms with Gasteiger partial charge in [-0.05, 0) is 31.3 Å². The van der Waals surface area contributed by atoms with Gasteiger partial charge in [0.05, 0.1) is 45.4 Å². The molecule has 0 fully saturated rings. The second kappa shape index (κ2) is 10.5. The van der Waals surface area contributed by atoms with Crippen molar-refractivity contribution in [3.63, 3.8) is 0 Å². The minimum Gasteiger partial charge on any atom is -0.497 e. The SMILES string of the molecule is CCN(CC)CCN1C(=O)c2oc3cc(OC)ccc3c(=O)c2C1c1cc(OC)c(OC)cc1OC. The Morgan fingerprint density at radius 3 is 2.17 bits per heavy atom. The van der Waals surface area contributed by atoms with Crippen molar-refractivity contribution in [1.29, 1.82) is 0 Å². The fourth-order valence-electron chi connectivity index (χ4n) is 4.74. The Morgan fingerprint density at radius 1 is 0.889 bits per heavy atom. The molecular weight excluding hydrogens is 464 g/mol. The van der Waals surface area contributed by atoms with Crippen LogP contribution in [0.2, 0.25) is 0 Å². The first kappa shape index (κ1) is 25.4. The molecule has 1 amide bonds. The molecule has 1 aromatic heterocycles. The summed E-state index contributed by atoms with van der Waals surface area (Å²) in [4.78, 5) is 31.5. The van der Waals surface area contributed by atoms with Crippen LogP contribution < -0.4 is 24.4 Å². The van der Waals surface area contributed by atoms with Gasteiger partial charge < -0.3 is 33.2 Å². The van der Waals surface area contributed by atoms with Crippen molar-refractivity contribution < 1.29 is 28.2 Å². The van der Waals surface area contributed by atoms with Gasteiger partial charge in [0.15, 0.2) is 16.9 Å². The van der Waals surface area contributed by atoms with E-state index in [1.165, 1.54) is 28.4 Å². The van der Waals surface area contributed by atoms with Crippen LogP contribution in [0.1, 0.15) is 41.6 Å². The number of hydrogen-bond donors (Lipinski definition) is 0. The van der Waals surface area contributed by atoms with Crippen molar-refractivity contribution in [3.05, 3.63) is 57.4 Å². The molecule has 4 rings (SSSR count). The number of rotatable bonds is 10. The van der Waals surface area contributed by atoms with Crippen LogP contribution in [0.15, 0.2) is 39.5 Å². The summed E-state index contributed by atoms with van der Waals surface area (Å²) < 4.78 is 28.0. The van der Waals surface area contributed by atoms with Gasteiger partial charge in [-0.2, -0.15) is 0 Å². The van der Waals surface area contributed by atoms with E-state index in [4.69, 9.17) is 23.4 Å². The van der Waals surface area contributed by atoms with E-state index in [1.54, 1.807) is 35.2 Å². The number of carbonyl (C=O) groups excluding carboxylic acids is 1. The van der Waals surface area contributed by atoms with Crippen molar-refractivity contribution in [1.82, 2.24) is 9.80 Å². The van der Waals surface area contributed by atoms with Gasteiger partial charge in [0, 0.05) is 30.8 Å². The minimum absolute atomic E-state index is 0.0298. The zero-order valence-corrected chi connectivity index (χ0v) is 21.5. The Balaban J connectivity index is 1.96. The second-order valence-corrected chi connectivity index (χ2v) is 8.41. The summed E-state index contributed by atoms with van der Waals surface area (Å²) in [5.41, 5.74) is 0.925. The third-order valence-corrected chi connectivity index (χ3v) is 6.76. The summed E-state index contributed by atoms with van der Waals surface area (Å²) in [6.45, 7) is 6.87. The van der Waals surface area contributed by atoms with Gasteiger partial charge in [-0.3, -0.25) is 9.59 Å². The number of nitrogens with zero attached hydrogens (tertiary/aromatic N) is 2. The van der Waals surface area contributed by atoms with Crippen molar-refractivity contribution in [3.8, 4) is 23.0 Å². The summed E-state index contributed by atoms with van der Waals surface area (Å²) in [5, 5.41) is 0.373. The predicted molar refractivity (Wildman–Crippen MR) is 136 cm³/mol.